The Hall–Kier alpha value is -4.39. The molecular formula is C27H24N4O3. The van der Waals surface area contributed by atoms with Crippen molar-refractivity contribution >= 4 is 39.5 Å². The number of furan rings is 1. The Labute approximate surface area is 196 Å². The Morgan fingerprint density at radius 2 is 1.74 bits per heavy atom. The van der Waals surface area contributed by atoms with Crippen molar-refractivity contribution in [1.29, 1.82) is 0 Å². The first-order chi connectivity index (χ1) is 16.6. The molecule has 5 rings (SSSR count). The highest BCUT2D eigenvalue weighted by atomic mass is 16.3. The van der Waals surface area contributed by atoms with Crippen LogP contribution in [0.25, 0.3) is 22.0 Å². The number of anilines is 1. The lowest BCUT2D eigenvalue weighted by Crippen LogP contribution is -2.26. The molecule has 3 N–H and O–H groups in total. The average Bonchev–Trinajstić information content (AvgIpc) is 3.47. The van der Waals surface area contributed by atoms with E-state index in [1.807, 2.05) is 60.7 Å². The number of aromatic amines is 1. The first-order valence-corrected chi connectivity index (χ1v) is 11.2. The number of benzene rings is 3. The Balaban J connectivity index is 1.07. The second-order valence-corrected chi connectivity index (χ2v) is 8.13. The maximum Gasteiger partial charge on any atom is 0.291 e. The van der Waals surface area contributed by atoms with E-state index in [-0.39, 0.29) is 24.0 Å². The van der Waals surface area contributed by atoms with E-state index in [0.717, 1.165) is 40.6 Å². The van der Waals surface area contributed by atoms with Gasteiger partial charge in [0.15, 0.2) is 5.76 Å². The number of hydrogen-bond acceptors (Lipinski definition) is 4. The number of imidazole rings is 1. The van der Waals surface area contributed by atoms with Crippen molar-refractivity contribution < 1.29 is 14.0 Å². The summed E-state index contributed by atoms with van der Waals surface area (Å²) in [6.45, 7) is 0.585. The Bertz CT molecular complexity index is 1380. The monoisotopic (exact) mass is 452 g/mol. The molecular weight excluding hydrogens is 428 g/mol. The summed E-state index contributed by atoms with van der Waals surface area (Å²) in [6, 6.07) is 24.4. The average molecular weight is 453 g/mol. The van der Waals surface area contributed by atoms with Gasteiger partial charge in [0.05, 0.1) is 17.5 Å². The van der Waals surface area contributed by atoms with Crippen LogP contribution < -0.4 is 10.6 Å². The number of rotatable bonds is 8. The normalized spacial score (nSPS) is 11.1. The number of aromatic nitrogens is 2. The van der Waals surface area contributed by atoms with E-state index in [9.17, 15) is 9.59 Å². The number of amides is 2. The molecule has 34 heavy (non-hydrogen) atoms. The number of carbonyl (C=O) groups is 2. The molecule has 170 valence electrons. The summed E-state index contributed by atoms with van der Waals surface area (Å²) in [6.07, 6.45) is 1.86. The standard InChI is InChI=1S/C27H24N4O3/c32-26(28-15-5-10-25-30-21-7-2-3-8-22(21)31-25)16-18-11-13-20(14-12-18)29-27(33)24-17-19-6-1-4-9-23(19)34-24/h1-4,6-9,11-14,17H,5,10,15-16H2,(H,28,32)(H,29,33)(H,30,31). The van der Waals surface area contributed by atoms with Gasteiger partial charge in [-0.2, -0.15) is 0 Å². The van der Waals surface area contributed by atoms with Gasteiger partial charge in [-0.05, 0) is 48.4 Å². The maximum absolute atomic E-state index is 12.5. The van der Waals surface area contributed by atoms with Crippen LogP contribution >= 0.6 is 0 Å². The van der Waals surface area contributed by atoms with Gasteiger partial charge in [-0.15, -0.1) is 0 Å². The third-order valence-corrected chi connectivity index (χ3v) is 5.58. The molecule has 2 heterocycles. The second-order valence-electron chi connectivity index (χ2n) is 8.13. The zero-order chi connectivity index (χ0) is 23.3. The summed E-state index contributed by atoms with van der Waals surface area (Å²) < 4.78 is 5.60. The highest BCUT2D eigenvalue weighted by Gasteiger charge is 2.12. The molecule has 5 aromatic rings. The Kier molecular flexibility index (Phi) is 6.07. The van der Waals surface area contributed by atoms with Crippen LogP contribution in [-0.2, 0) is 17.6 Å². The highest BCUT2D eigenvalue weighted by Crippen LogP contribution is 2.20. The molecule has 2 amide bonds. The van der Waals surface area contributed by atoms with Crippen LogP contribution in [-0.4, -0.2) is 28.3 Å². The number of carbonyl (C=O) groups excluding carboxylic acids is 2. The van der Waals surface area contributed by atoms with Gasteiger partial charge in [0, 0.05) is 24.0 Å². The molecule has 0 atom stereocenters. The minimum atomic E-state index is -0.314. The van der Waals surface area contributed by atoms with Crippen molar-refractivity contribution in [3.05, 3.63) is 96.0 Å². The smallest absolute Gasteiger partial charge is 0.291 e. The van der Waals surface area contributed by atoms with Crippen molar-refractivity contribution in [1.82, 2.24) is 15.3 Å². The summed E-state index contributed by atoms with van der Waals surface area (Å²) in [5, 5.41) is 6.66. The zero-order valence-electron chi connectivity index (χ0n) is 18.5. The van der Waals surface area contributed by atoms with Gasteiger partial charge in [-0.3, -0.25) is 9.59 Å². The highest BCUT2D eigenvalue weighted by molar-refractivity contribution is 6.04. The van der Waals surface area contributed by atoms with Crippen molar-refractivity contribution in [2.45, 2.75) is 19.3 Å². The van der Waals surface area contributed by atoms with Gasteiger partial charge in [0.1, 0.15) is 11.4 Å². The van der Waals surface area contributed by atoms with Crippen molar-refractivity contribution in [2.24, 2.45) is 0 Å². The molecule has 0 unspecified atom stereocenters. The molecule has 3 aromatic carbocycles. The zero-order valence-corrected chi connectivity index (χ0v) is 18.5. The third kappa shape index (κ3) is 4.99. The molecule has 0 aliphatic rings. The third-order valence-electron chi connectivity index (χ3n) is 5.58. The van der Waals surface area contributed by atoms with Crippen LogP contribution in [0.4, 0.5) is 5.69 Å². The second kappa shape index (κ2) is 9.62. The van der Waals surface area contributed by atoms with Crippen LogP contribution in [0.2, 0.25) is 0 Å². The quantitative estimate of drug-likeness (QED) is 0.293. The minimum absolute atomic E-state index is 0.0383. The summed E-state index contributed by atoms with van der Waals surface area (Å²) in [5.41, 5.74) is 4.17. The molecule has 0 aliphatic carbocycles. The summed E-state index contributed by atoms with van der Waals surface area (Å²) in [4.78, 5) is 32.6. The van der Waals surface area contributed by atoms with E-state index in [1.165, 1.54) is 0 Å². The maximum atomic E-state index is 12.5. The van der Waals surface area contributed by atoms with Crippen LogP contribution in [0.5, 0.6) is 0 Å². The lowest BCUT2D eigenvalue weighted by atomic mass is 10.1. The Morgan fingerprint density at radius 3 is 2.56 bits per heavy atom. The van der Waals surface area contributed by atoms with Crippen LogP contribution in [0.1, 0.15) is 28.4 Å². The lowest BCUT2D eigenvalue weighted by molar-refractivity contribution is -0.120. The van der Waals surface area contributed by atoms with Crippen LogP contribution in [0, 0.1) is 0 Å². The fraction of sp³-hybridized carbons (Fsp3) is 0.148. The Morgan fingerprint density at radius 1 is 0.941 bits per heavy atom. The SMILES string of the molecule is O=C(Cc1ccc(NC(=O)c2cc3ccccc3o2)cc1)NCCCc1nc2ccccc2[nH]1. The van der Waals surface area contributed by atoms with Crippen molar-refractivity contribution in [3.63, 3.8) is 0 Å². The first-order valence-electron chi connectivity index (χ1n) is 11.2. The molecule has 2 aromatic heterocycles. The summed E-state index contributed by atoms with van der Waals surface area (Å²) in [5.74, 6) is 0.831. The predicted octanol–water partition coefficient (Wildman–Crippen LogP) is 4.85. The molecule has 0 aliphatic heterocycles. The van der Waals surface area contributed by atoms with E-state index in [4.69, 9.17) is 4.42 Å². The van der Waals surface area contributed by atoms with Gasteiger partial charge < -0.3 is 20.0 Å². The van der Waals surface area contributed by atoms with E-state index < -0.39 is 0 Å². The molecule has 0 radical (unpaired) electrons. The van der Waals surface area contributed by atoms with Crippen LogP contribution in [0.3, 0.4) is 0 Å². The largest absolute Gasteiger partial charge is 0.451 e. The molecule has 0 bridgehead atoms. The molecule has 7 heteroatoms. The fourth-order valence-corrected chi connectivity index (χ4v) is 3.85. The first kappa shape index (κ1) is 21.5. The summed E-state index contributed by atoms with van der Waals surface area (Å²) >= 11 is 0. The molecule has 0 spiro atoms. The minimum Gasteiger partial charge on any atom is -0.451 e. The van der Waals surface area contributed by atoms with E-state index in [1.54, 1.807) is 18.2 Å². The van der Waals surface area contributed by atoms with Gasteiger partial charge >= 0.3 is 0 Å². The van der Waals surface area contributed by atoms with E-state index >= 15 is 0 Å². The van der Waals surface area contributed by atoms with Crippen molar-refractivity contribution in [2.75, 3.05) is 11.9 Å². The number of aryl methyl sites for hydroxylation is 1. The van der Waals surface area contributed by atoms with E-state index in [0.29, 0.717) is 17.8 Å². The number of nitrogens with zero attached hydrogens (tertiary/aromatic N) is 1. The van der Waals surface area contributed by atoms with Gasteiger partial charge in [0.2, 0.25) is 5.91 Å². The number of H-pyrrole nitrogens is 1. The number of fused-ring (bicyclic) bond motifs is 2. The molecule has 0 saturated heterocycles. The number of para-hydroxylation sites is 3. The lowest BCUT2D eigenvalue weighted by Gasteiger charge is -2.07. The molecule has 0 fully saturated rings. The predicted molar refractivity (Wildman–Crippen MR) is 132 cm³/mol. The molecule has 7 nitrogen and oxygen atoms in total. The van der Waals surface area contributed by atoms with Crippen molar-refractivity contribution in [3.8, 4) is 0 Å². The molecule has 0 saturated carbocycles. The summed E-state index contributed by atoms with van der Waals surface area (Å²) in [7, 11) is 0. The fourth-order valence-electron chi connectivity index (χ4n) is 3.85. The number of hydrogen-bond donors (Lipinski definition) is 3. The van der Waals surface area contributed by atoms with Crippen LogP contribution in [0.15, 0.2) is 83.3 Å². The van der Waals surface area contributed by atoms with E-state index in [2.05, 4.69) is 20.6 Å². The topological polar surface area (TPSA) is 100 Å². The number of nitrogens with one attached hydrogen (secondary N) is 3. The van der Waals surface area contributed by atoms with Gasteiger partial charge in [-0.1, -0.05) is 42.5 Å². The van der Waals surface area contributed by atoms with Gasteiger partial charge in [-0.25, -0.2) is 4.98 Å². The van der Waals surface area contributed by atoms with Gasteiger partial charge in [0.25, 0.3) is 5.91 Å².